The Bertz CT molecular complexity index is 182. The van der Waals surface area contributed by atoms with Gasteiger partial charge in [-0.1, -0.05) is 6.42 Å². The van der Waals surface area contributed by atoms with E-state index in [2.05, 4.69) is 11.8 Å². The molecule has 3 heteroatoms. The molecule has 1 fully saturated rings. The van der Waals surface area contributed by atoms with Crippen LogP contribution in [0.2, 0.25) is 0 Å². The lowest BCUT2D eigenvalue weighted by atomic mass is 10.0. The van der Waals surface area contributed by atoms with Crippen LogP contribution in [0.1, 0.15) is 39.5 Å². The Kier molecular flexibility index (Phi) is 3.72. The molecule has 0 saturated carbocycles. The molecule has 0 aromatic rings. The lowest BCUT2D eigenvalue weighted by Crippen LogP contribution is -2.44. The molecule has 0 radical (unpaired) electrons. The molecule has 0 aromatic carbocycles. The van der Waals surface area contributed by atoms with Gasteiger partial charge in [0.15, 0.2) is 0 Å². The molecule has 1 aliphatic rings. The average Bonchev–Trinajstić information content (AvgIpc) is 2.03. The van der Waals surface area contributed by atoms with Crippen molar-refractivity contribution in [2.45, 2.75) is 51.6 Å². The van der Waals surface area contributed by atoms with Gasteiger partial charge in [-0.05, 0) is 33.2 Å². The molecule has 0 unspecified atom stereocenters. The molecule has 2 atom stereocenters. The number of hydrogen-bond donors (Lipinski definition) is 1. The summed E-state index contributed by atoms with van der Waals surface area (Å²) in [6.07, 6.45) is 3.99. The molecule has 1 saturated heterocycles. The number of rotatable bonds is 3. The highest BCUT2D eigenvalue weighted by molar-refractivity contribution is 5.67. The van der Waals surface area contributed by atoms with Gasteiger partial charge in [0.25, 0.3) is 0 Å². The Morgan fingerprint density at radius 2 is 2.31 bits per heavy atom. The summed E-state index contributed by atoms with van der Waals surface area (Å²) < 4.78 is 0. The van der Waals surface area contributed by atoms with Crippen LogP contribution in [0.3, 0.4) is 0 Å². The summed E-state index contributed by atoms with van der Waals surface area (Å²) in [4.78, 5) is 12.8. The molecule has 0 aliphatic carbocycles. The van der Waals surface area contributed by atoms with E-state index >= 15 is 0 Å². The molecule has 1 aliphatic heterocycles. The first-order valence-electron chi connectivity index (χ1n) is 5.09. The maximum Gasteiger partial charge on any atom is 0.304 e. The topological polar surface area (TPSA) is 40.5 Å². The highest BCUT2D eigenvalue weighted by atomic mass is 16.4. The van der Waals surface area contributed by atoms with Gasteiger partial charge >= 0.3 is 5.97 Å². The van der Waals surface area contributed by atoms with Crippen LogP contribution >= 0.6 is 0 Å². The van der Waals surface area contributed by atoms with Crippen molar-refractivity contribution in [3.63, 3.8) is 0 Å². The van der Waals surface area contributed by atoms with E-state index in [1.165, 1.54) is 19.3 Å². The Labute approximate surface area is 79.7 Å². The monoisotopic (exact) mass is 185 g/mol. The fourth-order valence-corrected chi connectivity index (χ4v) is 2.15. The van der Waals surface area contributed by atoms with Crippen LogP contribution in [0.4, 0.5) is 0 Å². The van der Waals surface area contributed by atoms with Crippen molar-refractivity contribution < 1.29 is 9.90 Å². The molecular formula is C10H19NO2. The van der Waals surface area contributed by atoms with Gasteiger partial charge in [-0.15, -0.1) is 0 Å². The number of nitrogens with zero attached hydrogens (tertiary/aromatic N) is 1. The van der Waals surface area contributed by atoms with Gasteiger partial charge in [0, 0.05) is 12.1 Å². The molecule has 1 N–H and O–H groups in total. The zero-order valence-corrected chi connectivity index (χ0v) is 8.49. The van der Waals surface area contributed by atoms with Crippen molar-refractivity contribution in [3.8, 4) is 0 Å². The molecule has 0 aromatic heterocycles. The number of carboxylic acids is 1. The highest BCUT2D eigenvalue weighted by Gasteiger charge is 2.24. The van der Waals surface area contributed by atoms with Crippen LogP contribution in [0.25, 0.3) is 0 Å². The third-order valence-corrected chi connectivity index (χ3v) is 2.89. The fraction of sp³-hybridized carbons (Fsp3) is 0.900. The zero-order chi connectivity index (χ0) is 9.84. The number of likely N-dealkylation sites (tertiary alicyclic amines) is 1. The lowest BCUT2D eigenvalue weighted by molar-refractivity contribution is -0.138. The Morgan fingerprint density at radius 1 is 1.62 bits per heavy atom. The molecule has 1 rings (SSSR count). The van der Waals surface area contributed by atoms with Gasteiger partial charge in [-0.25, -0.2) is 0 Å². The van der Waals surface area contributed by atoms with Crippen LogP contribution in [0.5, 0.6) is 0 Å². The highest BCUT2D eigenvalue weighted by Crippen LogP contribution is 2.20. The summed E-state index contributed by atoms with van der Waals surface area (Å²) >= 11 is 0. The van der Waals surface area contributed by atoms with Gasteiger partial charge in [0.05, 0.1) is 6.42 Å². The summed E-state index contributed by atoms with van der Waals surface area (Å²) in [6, 6.07) is 0.746. The fourth-order valence-electron chi connectivity index (χ4n) is 2.15. The van der Waals surface area contributed by atoms with Crippen LogP contribution in [0.15, 0.2) is 0 Å². The normalized spacial score (nSPS) is 27.1. The van der Waals surface area contributed by atoms with E-state index in [0.717, 1.165) is 6.54 Å². The molecule has 3 nitrogen and oxygen atoms in total. The second kappa shape index (κ2) is 4.61. The summed E-state index contributed by atoms with van der Waals surface area (Å²) in [6.45, 7) is 5.27. The Hall–Kier alpha value is -0.570. The maximum atomic E-state index is 10.5. The second-order valence-electron chi connectivity index (χ2n) is 4.03. The molecular weight excluding hydrogens is 166 g/mol. The number of carboxylic acid groups (broad SMARTS) is 1. The summed E-state index contributed by atoms with van der Waals surface area (Å²) in [5.74, 6) is -0.690. The molecule has 0 amide bonds. The van der Waals surface area contributed by atoms with Crippen LogP contribution < -0.4 is 0 Å². The van der Waals surface area contributed by atoms with Gasteiger partial charge in [-0.2, -0.15) is 0 Å². The van der Waals surface area contributed by atoms with Crippen molar-refractivity contribution in [1.29, 1.82) is 0 Å². The quantitative estimate of drug-likeness (QED) is 0.728. The first kappa shape index (κ1) is 10.5. The van der Waals surface area contributed by atoms with Crippen LogP contribution in [-0.4, -0.2) is 34.6 Å². The maximum absolute atomic E-state index is 10.5. The minimum absolute atomic E-state index is 0.188. The van der Waals surface area contributed by atoms with Gasteiger partial charge in [0.2, 0.25) is 0 Å². The summed E-state index contributed by atoms with van der Waals surface area (Å²) in [5, 5.41) is 8.67. The lowest BCUT2D eigenvalue weighted by Gasteiger charge is -2.37. The van der Waals surface area contributed by atoms with E-state index < -0.39 is 5.97 Å². The minimum atomic E-state index is -0.690. The first-order chi connectivity index (χ1) is 6.11. The zero-order valence-electron chi connectivity index (χ0n) is 8.49. The smallest absolute Gasteiger partial charge is 0.304 e. The predicted molar refractivity (Wildman–Crippen MR) is 51.7 cm³/mol. The Balaban J connectivity index is 2.43. The van der Waals surface area contributed by atoms with Crippen molar-refractivity contribution in [1.82, 2.24) is 4.90 Å². The number of piperidine rings is 1. The van der Waals surface area contributed by atoms with E-state index in [1.807, 2.05) is 6.92 Å². The number of carbonyl (C=O) groups is 1. The second-order valence-corrected chi connectivity index (χ2v) is 4.03. The first-order valence-corrected chi connectivity index (χ1v) is 5.09. The number of aliphatic carboxylic acids is 1. The number of hydrogen-bond acceptors (Lipinski definition) is 2. The van der Waals surface area contributed by atoms with Crippen LogP contribution in [0, 0.1) is 0 Å². The Morgan fingerprint density at radius 3 is 2.85 bits per heavy atom. The van der Waals surface area contributed by atoms with Crippen LogP contribution in [-0.2, 0) is 4.79 Å². The average molecular weight is 185 g/mol. The predicted octanol–water partition coefficient (Wildman–Crippen LogP) is 1.72. The van der Waals surface area contributed by atoms with Gasteiger partial charge in [0.1, 0.15) is 0 Å². The van der Waals surface area contributed by atoms with Crippen molar-refractivity contribution in [2.75, 3.05) is 6.54 Å². The van der Waals surface area contributed by atoms with Crippen molar-refractivity contribution >= 4 is 5.97 Å². The van der Waals surface area contributed by atoms with Crippen molar-refractivity contribution in [2.24, 2.45) is 0 Å². The molecule has 13 heavy (non-hydrogen) atoms. The summed E-state index contributed by atoms with van der Waals surface area (Å²) in [5.41, 5.74) is 0. The summed E-state index contributed by atoms with van der Waals surface area (Å²) in [7, 11) is 0. The minimum Gasteiger partial charge on any atom is -0.481 e. The molecule has 1 heterocycles. The van der Waals surface area contributed by atoms with E-state index in [4.69, 9.17) is 5.11 Å². The molecule has 76 valence electrons. The third kappa shape index (κ3) is 2.99. The largest absolute Gasteiger partial charge is 0.481 e. The van der Waals surface area contributed by atoms with E-state index in [9.17, 15) is 4.79 Å². The third-order valence-electron chi connectivity index (χ3n) is 2.89. The van der Waals surface area contributed by atoms with Gasteiger partial charge < -0.3 is 5.11 Å². The van der Waals surface area contributed by atoms with Gasteiger partial charge in [-0.3, -0.25) is 9.69 Å². The molecule has 0 bridgehead atoms. The standard InChI is InChI=1S/C10H19NO2/c1-8-5-3-4-6-11(8)9(2)7-10(12)13/h8-9H,3-7H2,1-2H3,(H,12,13)/t8-,9+/m1/s1. The molecule has 0 spiro atoms. The van der Waals surface area contributed by atoms with E-state index in [-0.39, 0.29) is 12.5 Å². The van der Waals surface area contributed by atoms with E-state index in [0.29, 0.717) is 6.04 Å². The van der Waals surface area contributed by atoms with Crippen molar-refractivity contribution in [3.05, 3.63) is 0 Å². The van der Waals surface area contributed by atoms with E-state index in [1.54, 1.807) is 0 Å². The SMILES string of the molecule is C[C@@H]1CCCCN1[C@@H](C)CC(=O)O.